The van der Waals surface area contributed by atoms with E-state index in [2.05, 4.69) is 6.58 Å². The number of hydrogen-bond acceptors (Lipinski definition) is 4. The Labute approximate surface area is 127 Å². The monoisotopic (exact) mass is 297 g/mol. The first-order valence-electron chi connectivity index (χ1n) is 7.52. The Hall–Kier alpha value is -1.36. The van der Waals surface area contributed by atoms with E-state index < -0.39 is 11.5 Å². The first kappa shape index (κ1) is 17.7. The Morgan fingerprint density at radius 1 is 1.48 bits per heavy atom. The molecule has 1 amide bonds. The van der Waals surface area contributed by atoms with Crippen LogP contribution >= 0.6 is 0 Å². The molecule has 1 aliphatic rings. The van der Waals surface area contributed by atoms with Gasteiger partial charge in [-0.25, -0.2) is 0 Å². The van der Waals surface area contributed by atoms with E-state index in [4.69, 9.17) is 4.74 Å². The number of ether oxygens (including phenoxy) is 1. The molecule has 1 fully saturated rings. The molecule has 0 aromatic rings. The Kier molecular flexibility index (Phi) is 6.40. The highest BCUT2D eigenvalue weighted by Crippen LogP contribution is 2.23. The van der Waals surface area contributed by atoms with Crippen LogP contribution < -0.4 is 0 Å². The number of hydrogen-bond donors (Lipinski definition) is 1. The quantitative estimate of drug-likeness (QED) is 0.600. The van der Waals surface area contributed by atoms with E-state index >= 15 is 0 Å². The summed E-state index contributed by atoms with van der Waals surface area (Å²) in [5.41, 5.74) is -0.555. The first-order chi connectivity index (χ1) is 9.78. The molecule has 1 heterocycles. The summed E-state index contributed by atoms with van der Waals surface area (Å²) in [6.07, 6.45) is 3.85. The van der Waals surface area contributed by atoms with Crippen molar-refractivity contribution >= 4 is 11.9 Å². The number of allylic oxidation sites excluding steroid dienone is 1. The zero-order chi connectivity index (χ0) is 16.0. The molecule has 1 N–H and O–H groups in total. The fraction of sp³-hybridized carbons (Fsp3) is 0.750. The van der Waals surface area contributed by atoms with Gasteiger partial charge in [0.2, 0.25) is 5.91 Å². The molecule has 0 aliphatic carbocycles. The van der Waals surface area contributed by atoms with E-state index in [1.54, 1.807) is 31.7 Å². The van der Waals surface area contributed by atoms with Crippen LogP contribution in [0.25, 0.3) is 0 Å². The molecule has 1 unspecified atom stereocenters. The summed E-state index contributed by atoms with van der Waals surface area (Å²) < 4.78 is 5.29. The minimum absolute atomic E-state index is 0.0288. The predicted octanol–water partition coefficient (Wildman–Crippen LogP) is 1.89. The molecule has 0 aromatic carbocycles. The van der Waals surface area contributed by atoms with Gasteiger partial charge in [-0.1, -0.05) is 6.08 Å². The zero-order valence-electron chi connectivity index (χ0n) is 13.3. The van der Waals surface area contributed by atoms with Crippen molar-refractivity contribution in [3.05, 3.63) is 12.7 Å². The van der Waals surface area contributed by atoms with Gasteiger partial charge in [0, 0.05) is 6.54 Å². The van der Waals surface area contributed by atoms with Gasteiger partial charge in [-0.3, -0.25) is 9.59 Å². The molecule has 5 nitrogen and oxygen atoms in total. The van der Waals surface area contributed by atoms with Crippen LogP contribution in [0, 0.1) is 5.92 Å². The first-order valence-corrected chi connectivity index (χ1v) is 7.52. The molecule has 5 heteroatoms. The van der Waals surface area contributed by atoms with Gasteiger partial charge >= 0.3 is 5.97 Å². The molecular weight excluding hydrogens is 270 g/mol. The van der Waals surface area contributed by atoms with Crippen LogP contribution in [-0.4, -0.2) is 46.7 Å². The number of carbonyl (C=O) groups is 2. The highest BCUT2D eigenvalue weighted by Gasteiger charge is 2.33. The van der Waals surface area contributed by atoms with Gasteiger partial charge in [0.1, 0.15) is 5.60 Å². The van der Waals surface area contributed by atoms with Crippen LogP contribution in [0.15, 0.2) is 12.7 Å². The number of esters is 1. The fourth-order valence-electron chi connectivity index (χ4n) is 2.61. The summed E-state index contributed by atoms with van der Waals surface area (Å²) >= 11 is 0. The number of aliphatic hydroxyl groups excluding tert-OH is 1. The van der Waals surface area contributed by atoms with Gasteiger partial charge in [-0.05, 0) is 40.0 Å². The third-order valence-electron chi connectivity index (χ3n) is 3.50. The molecule has 1 rings (SSSR count). The normalized spacial score (nSPS) is 20.2. The molecule has 120 valence electrons. The maximum absolute atomic E-state index is 12.6. The zero-order valence-corrected chi connectivity index (χ0v) is 13.3. The summed E-state index contributed by atoms with van der Waals surface area (Å²) in [5, 5.41) is 9.33. The van der Waals surface area contributed by atoms with Crippen molar-refractivity contribution in [2.75, 3.05) is 13.2 Å². The number of likely N-dealkylation sites (tertiary alicyclic amines) is 1. The van der Waals surface area contributed by atoms with Crippen molar-refractivity contribution in [1.82, 2.24) is 4.90 Å². The maximum atomic E-state index is 12.6. The third-order valence-corrected chi connectivity index (χ3v) is 3.50. The van der Waals surface area contributed by atoms with Crippen molar-refractivity contribution in [3.8, 4) is 0 Å². The van der Waals surface area contributed by atoms with Crippen LogP contribution in [0.5, 0.6) is 0 Å². The lowest BCUT2D eigenvalue weighted by Gasteiger charge is -2.28. The third kappa shape index (κ3) is 5.50. The largest absolute Gasteiger partial charge is 0.460 e. The lowest BCUT2D eigenvalue weighted by molar-refractivity contribution is -0.158. The van der Waals surface area contributed by atoms with Gasteiger partial charge in [0.15, 0.2) is 0 Å². The number of amides is 1. The van der Waals surface area contributed by atoms with Gasteiger partial charge in [-0.2, -0.15) is 0 Å². The van der Waals surface area contributed by atoms with Gasteiger partial charge in [0.25, 0.3) is 0 Å². The molecule has 0 aromatic heterocycles. The minimum atomic E-state index is -0.555. The van der Waals surface area contributed by atoms with Crippen LogP contribution in [0.3, 0.4) is 0 Å². The number of rotatable bonds is 6. The van der Waals surface area contributed by atoms with E-state index in [0.717, 1.165) is 12.8 Å². The number of aliphatic hydroxyl groups is 1. The molecule has 0 saturated carbocycles. The molecule has 0 spiro atoms. The van der Waals surface area contributed by atoms with Crippen LogP contribution in [0.4, 0.5) is 0 Å². The minimum Gasteiger partial charge on any atom is -0.460 e. The SMILES string of the molecule is C=CCC(CC(=O)OC(C)(C)C)C(=O)N1CCC[C@H]1CO. The average molecular weight is 297 g/mol. The Balaban J connectivity index is 2.69. The molecule has 0 radical (unpaired) electrons. The van der Waals surface area contributed by atoms with Crippen molar-refractivity contribution in [3.63, 3.8) is 0 Å². The van der Waals surface area contributed by atoms with E-state index in [-0.39, 0.29) is 30.9 Å². The Morgan fingerprint density at radius 3 is 2.67 bits per heavy atom. The summed E-state index contributed by atoms with van der Waals surface area (Å²) in [7, 11) is 0. The average Bonchev–Trinajstić information content (AvgIpc) is 2.83. The highest BCUT2D eigenvalue weighted by molar-refractivity contribution is 5.84. The second kappa shape index (κ2) is 7.59. The Morgan fingerprint density at radius 2 is 2.14 bits per heavy atom. The highest BCUT2D eigenvalue weighted by atomic mass is 16.6. The van der Waals surface area contributed by atoms with Gasteiger partial charge in [0.05, 0.1) is 25.0 Å². The molecule has 1 saturated heterocycles. The van der Waals surface area contributed by atoms with E-state index in [1.165, 1.54) is 0 Å². The van der Waals surface area contributed by atoms with E-state index in [9.17, 15) is 14.7 Å². The van der Waals surface area contributed by atoms with E-state index in [1.807, 2.05) is 0 Å². The van der Waals surface area contributed by atoms with Gasteiger partial charge in [-0.15, -0.1) is 6.58 Å². The summed E-state index contributed by atoms with van der Waals surface area (Å²) in [6, 6.07) is -0.122. The standard InChI is InChI=1S/C16H27NO4/c1-5-7-12(10-14(19)21-16(2,3)4)15(20)17-9-6-8-13(17)11-18/h5,12-13,18H,1,6-11H2,2-4H3/t12?,13-/m0/s1. The molecule has 2 atom stereocenters. The number of carbonyl (C=O) groups excluding carboxylic acids is 2. The number of nitrogens with zero attached hydrogens (tertiary/aromatic N) is 1. The second-order valence-corrected chi connectivity index (χ2v) is 6.52. The maximum Gasteiger partial charge on any atom is 0.307 e. The smallest absolute Gasteiger partial charge is 0.307 e. The van der Waals surface area contributed by atoms with Crippen molar-refractivity contribution in [2.45, 2.75) is 58.1 Å². The Bertz CT molecular complexity index is 386. The molecule has 1 aliphatic heterocycles. The second-order valence-electron chi connectivity index (χ2n) is 6.52. The topological polar surface area (TPSA) is 66.8 Å². The van der Waals surface area contributed by atoms with Crippen LogP contribution in [0.1, 0.15) is 46.5 Å². The predicted molar refractivity (Wildman–Crippen MR) is 80.6 cm³/mol. The van der Waals surface area contributed by atoms with Gasteiger partial charge < -0.3 is 14.7 Å². The molecule has 0 bridgehead atoms. The summed E-state index contributed by atoms with van der Waals surface area (Å²) in [6.45, 7) is 9.68. The van der Waals surface area contributed by atoms with Crippen LogP contribution in [0.2, 0.25) is 0 Å². The van der Waals surface area contributed by atoms with Crippen molar-refractivity contribution < 1.29 is 19.4 Å². The molecule has 21 heavy (non-hydrogen) atoms. The lowest BCUT2D eigenvalue weighted by atomic mass is 9.99. The van der Waals surface area contributed by atoms with Crippen molar-refractivity contribution in [2.24, 2.45) is 5.92 Å². The molecular formula is C16H27NO4. The van der Waals surface area contributed by atoms with Crippen molar-refractivity contribution in [1.29, 1.82) is 0 Å². The van der Waals surface area contributed by atoms with E-state index in [0.29, 0.717) is 13.0 Å². The van der Waals surface area contributed by atoms with Crippen LogP contribution in [-0.2, 0) is 14.3 Å². The summed E-state index contributed by atoms with van der Waals surface area (Å²) in [4.78, 5) is 26.2. The summed E-state index contributed by atoms with van der Waals surface area (Å²) in [5.74, 6) is -0.913. The lowest BCUT2D eigenvalue weighted by Crippen LogP contribution is -2.42. The fourth-order valence-corrected chi connectivity index (χ4v) is 2.61.